The predicted molar refractivity (Wildman–Crippen MR) is 76.7 cm³/mol. The zero-order chi connectivity index (χ0) is 13.2. The number of imidazole rings is 1. The number of hydrogen-bond donors (Lipinski definition) is 1. The van der Waals surface area contributed by atoms with E-state index in [-0.39, 0.29) is 6.04 Å². The molecular formula is C14H15N3OS. The third-order valence-electron chi connectivity index (χ3n) is 3.12. The molecule has 0 saturated heterocycles. The van der Waals surface area contributed by atoms with E-state index in [1.54, 1.807) is 18.4 Å². The summed E-state index contributed by atoms with van der Waals surface area (Å²) >= 11 is 1.63. The third-order valence-corrected chi connectivity index (χ3v) is 3.89. The first-order valence-corrected chi connectivity index (χ1v) is 6.95. The lowest BCUT2D eigenvalue weighted by molar-refractivity contribution is 0.414. The number of ether oxygens (including phenoxy) is 1. The van der Waals surface area contributed by atoms with Gasteiger partial charge in [0.15, 0.2) is 4.96 Å². The quantitative estimate of drug-likeness (QED) is 0.795. The molecule has 0 aliphatic rings. The second-order valence-corrected chi connectivity index (χ2v) is 5.28. The minimum Gasteiger partial charge on any atom is -0.497 e. The fourth-order valence-corrected chi connectivity index (χ4v) is 2.79. The van der Waals surface area contributed by atoms with Gasteiger partial charge in [-0.3, -0.25) is 4.40 Å². The van der Waals surface area contributed by atoms with Gasteiger partial charge in [0.1, 0.15) is 5.75 Å². The molecule has 5 heteroatoms. The number of nitrogens with zero attached hydrogens (tertiary/aromatic N) is 2. The number of methoxy groups -OCH3 is 1. The van der Waals surface area contributed by atoms with Gasteiger partial charge in [0.25, 0.3) is 0 Å². The molecule has 2 heterocycles. The van der Waals surface area contributed by atoms with E-state index < -0.39 is 0 Å². The Hall–Kier alpha value is -1.85. The molecule has 0 amide bonds. The Morgan fingerprint density at radius 3 is 2.84 bits per heavy atom. The number of rotatable bonds is 4. The molecule has 3 rings (SSSR count). The van der Waals surface area contributed by atoms with Gasteiger partial charge in [-0.25, -0.2) is 4.98 Å². The summed E-state index contributed by atoms with van der Waals surface area (Å²) in [6.07, 6.45) is 4.78. The number of hydrogen-bond acceptors (Lipinski definition) is 4. The molecule has 98 valence electrons. The molecular weight excluding hydrogens is 258 g/mol. The van der Waals surface area contributed by atoms with Crippen molar-refractivity contribution < 1.29 is 4.74 Å². The van der Waals surface area contributed by atoms with Gasteiger partial charge >= 0.3 is 0 Å². The molecule has 19 heavy (non-hydrogen) atoms. The summed E-state index contributed by atoms with van der Waals surface area (Å²) in [5, 5.41) is 2.02. The number of nitrogens with two attached hydrogens (primary N) is 1. The van der Waals surface area contributed by atoms with E-state index >= 15 is 0 Å². The fraction of sp³-hybridized carbons (Fsp3) is 0.214. The number of aromatic nitrogens is 2. The molecule has 0 saturated carbocycles. The average Bonchev–Trinajstić information content (AvgIpc) is 2.99. The lowest BCUT2D eigenvalue weighted by Crippen LogP contribution is -2.13. The predicted octanol–water partition coefficient (Wildman–Crippen LogP) is 2.65. The second-order valence-electron chi connectivity index (χ2n) is 4.41. The summed E-state index contributed by atoms with van der Waals surface area (Å²) in [7, 11) is 1.66. The first-order valence-electron chi connectivity index (χ1n) is 6.07. The number of fused-ring (bicyclic) bond motifs is 1. The topological polar surface area (TPSA) is 52.5 Å². The van der Waals surface area contributed by atoms with E-state index in [0.717, 1.165) is 28.4 Å². The van der Waals surface area contributed by atoms with Gasteiger partial charge in [-0.1, -0.05) is 12.1 Å². The molecule has 3 aromatic rings. The standard InChI is InChI=1S/C14H15N3OS/c1-18-12-4-2-10(3-5-12)13(15)8-11-9-17-6-7-19-14(17)16-11/h2-7,9,13H,8,15H2,1H3. The lowest BCUT2D eigenvalue weighted by atomic mass is 10.0. The molecule has 0 aliphatic heterocycles. The largest absolute Gasteiger partial charge is 0.497 e. The summed E-state index contributed by atoms with van der Waals surface area (Å²) in [5.41, 5.74) is 8.34. The van der Waals surface area contributed by atoms with Gasteiger partial charge in [-0.2, -0.15) is 0 Å². The maximum atomic E-state index is 6.22. The summed E-state index contributed by atoms with van der Waals surface area (Å²) in [4.78, 5) is 5.56. The zero-order valence-electron chi connectivity index (χ0n) is 10.6. The van der Waals surface area contributed by atoms with Crippen molar-refractivity contribution in [1.29, 1.82) is 0 Å². The number of benzene rings is 1. The van der Waals surface area contributed by atoms with Gasteiger partial charge in [-0.05, 0) is 17.7 Å². The minimum absolute atomic E-state index is 0.0458. The Kier molecular flexibility index (Phi) is 3.23. The maximum Gasteiger partial charge on any atom is 0.193 e. The van der Waals surface area contributed by atoms with E-state index in [9.17, 15) is 0 Å². The van der Waals surface area contributed by atoms with Crippen molar-refractivity contribution in [3.63, 3.8) is 0 Å². The van der Waals surface area contributed by atoms with Gasteiger partial charge in [0.2, 0.25) is 0 Å². The summed E-state index contributed by atoms with van der Waals surface area (Å²) in [6, 6.07) is 7.82. The molecule has 4 nitrogen and oxygen atoms in total. The van der Waals surface area contributed by atoms with Crippen LogP contribution >= 0.6 is 11.3 Å². The van der Waals surface area contributed by atoms with Gasteiger partial charge in [-0.15, -0.1) is 11.3 Å². The minimum atomic E-state index is -0.0458. The van der Waals surface area contributed by atoms with Crippen LogP contribution in [0.5, 0.6) is 5.75 Å². The molecule has 0 bridgehead atoms. The molecule has 2 aromatic heterocycles. The Morgan fingerprint density at radius 2 is 2.16 bits per heavy atom. The highest BCUT2D eigenvalue weighted by Crippen LogP contribution is 2.20. The van der Waals surface area contributed by atoms with Crippen molar-refractivity contribution >= 4 is 16.3 Å². The highest BCUT2D eigenvalue weighted by atomic mass is 32.1. The van der Waals surface area contributed by atoms with Crippen molar-refractivity contribution in [3.05, 3.63) is 53.3 Å². The smallest absolute Gasteiger partial charge is 0.193 e. The highest BCUT2D eigenvalue weighted by molar-refractivity contribution is 7.15. The van der Waals surface area contributed by atoms with Crippen molar-refractivity contribution in [1.82, 2.24) is 9.38 Å². The molecule has 1 aromatic carbocycles. The van der Waals surface area contributed by atoms with Crippen molar-refractivity contribution in [2.24, 2.45) is 5.73 Å². The van der Waals surface area contributed by atoms with E-state index in [2.05, 4.69) is 4.98 Å². The van der Waals surface area contributed by atoms with Gasteiger partial charge in [0.05, 0.1) is 12.8 Å². The van der Waals surface area contributed by atoms with Crippen LogP contribution in [0.25, 0.3) is 4.96 Å². The molecule has 1 atom stereocenters. The van der Waals surface area contributed by atoms with Crippen LogP contribution in [0.2, 0.25) is 0 Å². The van der Waals surface area contributed by atoms with Gasteiger partial charge in [0, 0.05) is 30.2 Å². The molecule has 0 spiro atoms. The summed E-state index contributed by atoms with van der Waals surface area (Å²) < 4.78 is 7.17. The Labute approximate surface area is 115 Å². The van der Waals surface area contributed by atoms with E-state index in [0.29, 0.717) is 0 Å². The lowest BCUT2D eigenvalue weighted by Gasteiger charge is -2.10. The first-order chi connectivity index (χ1) is 9.26. The Balaban J connectivity index is 1.76. The monoisotopic (exact) mass is 273 g/mol. The zero-order valence-corrected chi connectivity index (χ0v) is 11.4. The van der Waals surface area contributed by atoms with E-state index in [1.807, 2.05) is 46.4 Å². The third kappa shape index (κ3) is 2.47. The van der Waals surface area contributed by atoms with Gasteiger partial charge < -0.3 is 10.5 Å². The van der Waals surface area contributed by atoms with Crippen molar-refractivity contribution in [2.75, 3.05) is 7.11 Å². The molecule has 1 unspecified atom stereocenters. The summed E-state index contributed by atoms with van der Waals surface area (Å²) in [5.74, 6) is 0.846. The molecule has 0 fully saturated rings. The van der Waals surface area contributed by atoms with Crippen LogP contribution in [0.3, 0.4) is 0 Å². The first kappa shape index (κ1) is 12.2. The van der Waals surface area contributed by atoms with Crippen LogP contribution in [-0.4, -0.2) is 16.5 Å². The van der Waals surface area contributed by atoms with E-state index in [1.165, 1.54) is 0 Å². The molecule has 0 aliphatic carbocycles. The van der Waals surface area contributed by atoms with E-state index in [4.69, 9.17) is 10.5 Å². The fourth-order valence-electron chi connectivity index (χ4n) is 2.07. The SMILES string of the molecule is COc1ccc(C(N)Cc2cn3ccsc3n2)cc1. The van der Waals surface area contributed by atoms with Crippen LogP contribution in [0.1, 0.15) is 17.3 Å². The molecule has 0 radical (unpaired) electrons. The van der Waals surface area contributed by atoms with Crippen molar-refractivity contribution in [3.8, 4) is 5.75 Å². The second kappa shape index (κ2) is 5.03. The molecule has 2 N–H and O–H groups in total. The van der Waals surface area contributed by atoms with Crippen LogP contribution in [0.4, 0.5) is 0 Å². The Bertz CT molecular complexity index is 643. The van der Waals surface area contributed by atoms with Crippen LogP contribution in [0.15, 0.2) is 42.0 Å². The maximum absolute atomic E-state index is 6.22. The van der Waals surface area contributed by atoms with Crippen LogP contribution in [-0.2, 0) is 6.42 Å². The Morgan fingerprint density at radius 1 is 1.37 bits per heavy atom. The van der Waals surface area contributed by atoms with Crippen molar-refractivity contribution in [2.45, 2.75) is 12.5 Å². The number of thiazole rings is 1. The van der Waals surface area contributed by atoms with Crippen LogP contribution < -0.4 is 10.5 Å². The highest BCUT2D eigenvalue weighted by Gasteiger charge is 2.10. The average molecular weight is 273 g/mol. The summed E-state index contributed by atoms with van der Waals surface area (Å²) in [6.45, 7) is 0. The van der Waals surface area contributed by atoms with Crippen LogP contribution in [0, 0.1) is 0 Å². The normalized spacial score (nSPS) is 12.7.